The van der Waals surface area contributed by atoms with Crippen molar-refractivity contribution in [3.8, 4) is 34.5 Å². The van der Waals surface area contributed by atoms with Gasteiger partial charge in [0.1, 0.15) is 34.5 Å². The van der Waals surface area contributed by atoms with Crippen LogP contribution in [0.25, 0.3) is 0 Å². The fourth-order valence-electron chi connectivity index (χ4n) is 11.1. The molecule has 0 heterocycles. The van der Waals surface area contributed by atoms with E-state index in [2.05, 4.69) is 95.2 Å². The molecule has 0 radical (unpaired) electrons. The minimum absolute atomic E-state index is 0.0929. The standard InChI is InChI=1S/C72H102N4O8/c1-67(2,3)49-33-45(63(79)53(37-49)69(7,8)9)41-73-57-27-23-25-29-59(57)75-43-47-35-51(39-55(65(47)81)71(13,14)15)83-61(77)31-21-19-20-22-32-62(78)84-52-36-48(66(82)56(40-52)72(16,17)18)44-76-60-30-26-24-28-58(60)74-42-46-34-50(68(4,5)6)38-54(64(46)80)70(10,11)12/h33-44,57-60,79-82H,19-32H2,1-18H3/t57-,58-,59-,60-/m1/s1. The van der Waals surface area contributed by atoms with E-state index in [1.165, 1.54) is 0 Å². The van der Waals surface area contributed by atoms with Gasteiger partial charge in [-0.1, -0.05) is 175 Å². The molecule has 12 nitrogen and oxygen atoms in total. The average Bonchev–Trinajstić information content (AvgIpc) is 2.62. The van der Waals surface area contributed by atoms with Crippen LogP contribution >= 0.6 is 0 Å². The van der Waals surface area contributed by atoms with Crippen LogP contribution in [0, 0.1) is 0 Å². The molecule has 0 aliphatic heterocycles. The zero-order valence-corrected chi connectivity index (χ0v) is 54.3. The number of nitrogens with zero attached hydrogens (tertiary/aromatic N) is 4. The van der Waals surface area contributed by atoms with Gasteiger partial charge in [0.15, 0.2) is 0 Å². The zero-order chi connectivity index (χ0) is 62.3. The second kappa shape index (κ2) is 27.0. The van der Waals surface area contributed by atoms with E-state index in [1.54, 1.807) is 36.7 Å². The lowest BCUT2D eigenvalue weighted by Crippen LogP contribution is -2.27. The van der Waals surface area contributed by atoms with Crippen LogP contribution in [0.15, 0.2) is 68.5 Å². The summed E-state index contributed by atoms with van der Waals surface area (Å²) in [6.07, 6.45) is 17.3. The van der Waals surface area contributed by atoms with Gasteiger partial charge in [0, 0.05) is 82.2 Å². The fraction of sp³-hybridized carbons (Fsp3) is 0.583. The van der Waals surface area contributed by atoms with Gasteiger partial charge >= 0.3 is 11.9 Å². The van der Waals surface area contributed by atoms with E-state index in [1.807, 2.05) is 66.1 Å². The van der Waals surface area contributed by atoms with E-state index in [0.29, 0.717) is 70.6 Å². The molecule has 2 aliphatic carbocycles. The van der Waals surface area contributed by atoms with E-state index in [0.717, 1.165) is 73.6 Å². The van der Waals surface area contributed by atoms with Gasteiger partial charge in [0.05, 0.1) is 24.2 Å². The maximum absolute atomic E-state index is 13.3. The number of carbonyl (C=O) groups is 2. The highest BCUT2D eigenvalue weighted by atomic mass is 16.5. The van der Waals surface area contributed by atoms with Crippen molar-refractivity contribution in [2.45, 2.75) is 271 Å². The fourth-order valence-corrected chi connectivity index (χ4v) is 11.1. The molecule has 4 aromatic carbocycles. The van der Waals surface area contributed by atoms with Crippen molar-refractivity contribution >= 4 is 36.8 Å². The van der Waals surface area contributed by atoms with Crippen molar-refractivity contribution in [3.63, 3.8) is 0 Å². The van der Waals surface area contributed by atoms with E-state index in [4.69, 9.17) is 29.4 Å². The van der Waals surface area contributed by atoms with Gasteiger partial charge < -0.3 is 29.9 Å². The van der Waals surface area contributed by atoms with Crippen molar-refractivity contribution in [2.75, 3.05) is 0 Å². The number of hydrogen-bond donors (Lipinski definition) is 4. The van der Waals surface area contributed by atoms with Crippen LogP contribution in [0.1, 0.15) is 270 Å². The lowest BCUT2D eigenvalue weighted by atomic mass is 9.79. The van der Waals surface area contributed by atoms with Crippen LogP contribution in [-0.4, -0.2) is 81.4 Å². The number of aromatic hydroxyl groups is 4. The summed E-state index contributed by atoms with van der Waals surface area (Å²) in [4.78, 5) is 46.8. The molecule has 4 aromatic rings. The number of ether oxygens (including phenoxy) is 2. The van der Waals surface area contributed by atoms with Crippen LogP contribution in [0.4, 0.5) is 0 Å². The number of phenolic OH excluding ortho intramolecular Hbond substituents is 4. The van der Waals surface area contributed by atoms with Gasteiger partial charge in [-0.05, 0) is 119 Å². The van der Waals surface area contributed by atoms with Gasteiger partial charge in [0.2, 0.25) is 0 Å². The largest absolute Gasteiger partial charge is 0.507 e. The molecular weight excluding hydrogens is 1050 g/mol. The SMILES string of the molecule is CC(C)(C)c1cc(C=N[C@@H]2CCCC[C@H]2N=Cc2cc(OC(=O)CCCCCCC(=O)Oc3cc(C=N[C@@H]4CCCC[C@H]4N=Cc4cc(C(C)(C)C)cc(C(C)(C)C)c4O)c(O)c(C(C)(C)C)c3)cc(C(C)(C)C)c2O)c(O)c(C(C)(C)C)c1. The molecule has 0 saturated heterocycles. The first-order valence-electron chi connectivity index (χ1n) is 31.0. The van der Waals surface area contributed by atoms with Gasteiger partial charge in [-0.25, -0.2) is 0 Å². The molecule has 6 rings (SSSR count). The molecule has 12 heteroatoms. The maximum Gasteiger partial charge on any atom is 0.311 e. The number of benzene rings is 4. The Hall–Kier alpha value is -6.30. The summed E-state index contributed by atoms with van der Waals surface area (Å²) in [5.74, 6) is 0.593. The smallest absolute Gasteiger partial charge is 0.311 e. The Balaban J connectivity index is 1.06. The Bertz CT molecular complexity index is 2880. The number of carbonyl (C=O) groups excluding carboxylic acids is 2. The highest BCUT2D eigenvalue weighted by molar-refractivity contribution is 5.88. The topological polar surface area (TPSA) is 183 Å². The molecule has 0 amide bonds. The highest BCUT2D eigenvalue weighted by Gasteiger charge is 2.31. The van der Waals surface area contributed by atoms with Crippen molar-refractivity contribution < 1.29 is 39.5 Å². The molecule has 0 spiro atoms. The summed E-state index contributed by atoms with van der Waals surface area (Å²) in [6.45, 7) is 37.7. The minimum atomic E-state index is -0.461. The van der Waals surface area contributed by atoms with Crippen LogP contribution < -0.4 is 9.47 Å². The number of hydrogen-bond acceptors (Lipinski definition) is 12. The van der Waals surface area contributed by atoms with Crippen LogP contribution in [-0.2, 0) is 42.1 Å². The number of unbranched alkanes of at least 4 members (excludes halogenated alkanes) is 3. The summed E-state index contributed by atoms with van der Waals surface area (Å²) >= 11 is 0. The predicted octanol–water partition coefficient (Wildman–Crippen LogP) is 16.8. The number of aliphatic imine (C=N–C) groups is 4. The summed E-state index contributed by atoms with van der Waals surface area (Å²) in [5, 5.41) is 46.0. The first-order valence-corrected chi connectivity index (χ1v) is 31.0. The number of esters is 2. The summed E-state index contributed by atoms with van der Waals surface area (Å²) < 4.78 is 11.9. The van der Waals surface area contributed by atoms with Gasteiger partial charge in [-0.15, -0.1) is 0 Å². The molecule has 458 valence electrons. The quantitative estimate of drug-likeness (QED) is 0.0348. The number of phenols is 4. The third-order valence-corrected chi connectivity index (χ3v) is 16.5. The van der Waals surface area contributed by atoms with Gasteiger partial charge in [-0.2, -0.15) is 0 Å². The van der Waals surface area contributed by atoms with E-state index in [-0.39, 0.29) is 93.6 Å². The molecule has 0 aromatic heterocycles. The highest BCUT2D eigenvalue weighted by Crippen LogP contribution is 2.42. The normalized spacial score (nSPS) is 18.8. The lowest BCUT2D eigenvalue weighted by molar-refractivity contribution is -0.135. The van der Waals surface area contributed by atoms with Crippen LogP contribution in [0.5, 0.6) is 34.5 Å². The van der Waals surface area contributed by atoms with Crippen LogP contribution in [0.2, 0.25) is 0 Å². The van der Waals surface area contributed by atoms with E-state index in [9.17, 15) is 30.0 Å². The summed E-state index contributed by atoms with van der Waals surface area (Å²) in [6, 6.07) is 14.6. The molecular formula is C72H102N4O8. The molecule has 2 saturated carbocycles. The van der Waals surface area contributed by atoms with E-state index < -0.39 is 10.8 Å². The third-order valence-electron chi connectivity index (χ3n) is 16.5. The zero-order valence-electron chi connectivity index (χ0n) is 54.3. The van der Waals surface area contributed by atoms with Crippen molar-refractivity contribution in [1.82, 2.24) is 0 Å². The second-order valence-corrected chi connectivity index (χ2v) is 30.1. The van der Waals surface area contributed by atoms with E-state index >= 15 is 0 Å². The Morgan fingerprint density at radius 3 is 0.881 bits per heavy atom. The summed E-state index contributed by atoms with van der Waals surface area (Å²) in [5.41, 5.74) is 5.99. The van der Waals surface area contributed by atoms with Gasteiger partial charge in [0.25, 0.3) is 0 Å². The molecule has 4 atom stereocenters. The molecule has 84 heavy (non-hydrogen) atoms. The number of rotatable bonds is 17. The first kappa shape index (κ1) is 66.8. The monoisotopic (exact) mass is 1150 g/mol. The Morgan fingerprint density at radius 1 is 0.381 bits per heavy atom. The van der Waals surface area contributed by atoms with Crippen molar-refractivity contribution in [2.24, 2.45) is 20.0 Å². The third kappa shape index (κ3) is 18.1. The van der Waals surface area contributed by atoms with Gasteiger partial charge in [-0.3, -0.25) is 29.6 Å². The first-order chi connectivity index (χ1) is 38.9. The molecule has 4 N–H and O–H groups in total. The van der Waals surface area contributed by atoms with Crippen LogP contribution in [0.3, 0.4) is 0 Å². The molecule has 2 aliphatic rings. The maximum atomic E-state index is 13.3. The lowest BCUT2D eigenvalue weighted by Gasteiger charge is -2.28. The van der Waals surface area contributed by atoms with Crippen molar-refractivity contribution in [3.05, 3.63) is 104 Å². The molecule has 0 bridgehead atoms. The molecule has 2 fully saturated rings. The second-order valence-electron chi connectivity index (χ2n) is 30.1. The Kier molecular flexibility index (Phi) is 21.4. The predicted molar refractivity (Wildman–Crippen MR) is 346 cm³/mol. The average molecular weight is 1150 g/mol. The molecule has 0 unspecified atom stereocenters. The summed E-state index contributed by atoms with van der Waals surface area (Å²) in [7, 11) is 0. The Labute approximate surface area is 503 Å². The Morgan fingerprint density at radius 2 is 0.631 bits per heavy atom. The van der Waals surface area contributed by atoms with Crippen molar-refractivity contribution in [1.29, 1.82) is 0 Å². The minimum Gasteiger partial charge on any atom is -0.507 e.